The molecule has 0 aromatic carbocycles. The second kappa shape index (κ2) is 5.58. The minimum atomic E-state index is -0.0636. The van der Waals surface area contributed by atoms with Crippen LogP contribution in [-0.4, -0.2) is 42.5 Å². The Bertz CT molecular complexity index is 243. The molecule has 0 bridgehead atoms. The zero-order valence-corrected chi connectivity index (χ0v) is 9.38. The van der Waals surface area contributed by atoms with Crippen molar-refractivity contribution in [2.75, 3.05) is 19.6 Å². The fourth-order valence-electron chi connectivity index (χ4n) is 1.41. The van der Waals surface area contributed by atoms with Gasteiger partial charge in [0, 0.05) is 32.1 Å². The van der Waals surface area contributed by atoms with Gasteiger partial charge in [-0.3, -0.25) is 4.79 Å². The second-order valence-electron chi connectivity index (χ2n) is 3.85. The van der Waals surface area contributed by atoms with Crippen molar-refractivity contribution in [2.45, 2.75) is 32.7 Å². The third-order valence-corrected chi connectivity index (χ3v) is 2.57. The molecule has 5 nitrogen and oxygen atoms in total. The van der Waals surface area contributed by atoms with Crippen LogP contribution in [0.3, 0.4) is 0 Å². The zero-order chi connectivity index (χ0) is 11.3. The Kier molecular flexibility index (Phi) is 4.39. The summed E-state index contributed by atoms with van der Waals surface area (Å²) in [6.07, 6.45) is 1.31. The number of nitrogens with one attached hydrogen (secondary N) is 2. The molecule has 15 heavy (non-hydrogen) atoms. The van der Waals surface area contributed by atoms with Crippen molar-refractivity contribution in [3.63, 3.8) is 0 Å². The van der Waals surface area contributed by atoms with E-state index in [1.807, 2.05) is 13.8 Å². The summed E-state index contributed by atoms with van der Waals surface area (Å²) in [7, 11) is 0. The smallest absolute Gasteiger partial charge is 0.317 e. The fraction of sp³-hybridized carbons (Fsp3) is 0.800. The lowest BCUT2D eigenvalue weighted by molar-refractivity contribution is -0.121. The summed E-state index contributed by atoms with van der Waals surface area (Å²) in [6.45, 7) is 5.90. The summed E-state index contributed by atoms with van der Waals surface area (Å²) in [4.78, 5) is 24.2. The van der Waals surface area contributed by atoms with Crippen LogP contribution in [-0.2, 0) is 4.79 Å². The van der Waals surface area contributed by atoms with Gasteiger partial charge >= 0.3 is 6.03 Å². The Labute approximate surface area is 90.2 Å². The van der Waals surface area contributed by atoms with Crippen molar-refractivity contribution >= 4 is 11.9 Å². The van der Waals surface area contributed by atoms with Gasteiger partial charge in [0.15, 0.2) is 0 Å². The predicted molar refractivity (Wildman–Crippen MR) is 57.5 cm³/mol. The van der Waals surface area contributed by atoms with E-state index in [-0.39, 0.29) is 18.0 Å². The molecule has 1 fully saturated rings. The van der Waals surface area contributed by atoms with Crippen LogP contribution in [0.2, 0.25) is 0 Å². The molecule has 0 radical (unpaired) electrons. The van der Waals surface area contributed by atoms with Crippen molar-refractivity contribution in [1.82, 2.24) is 15.5 Å². The number of carbonyl (C=O) groups is 2. The van der Waals surface area contributed by atoms with Crippen LogP contribution in [0.15, 0.2) is 0 Å². The van der Waals surface area contributed by atoms with Gasteiger partial charge in [0.25, 0.3) is 0 Å². The summed E-state index contributed by atoms with van der Waals surface area (Å²) in [5.41, 5.74) is 0. The summed E-state index contributed by atoms with van der Waals surface area (Å²) in [5.74, 6) is 0.0176. The Morgan fingerprint density at radius 2 is 2.40 bits per heavy atom. The average molecular weight is 213 g/mol. The van der Waals surface area contributed by atoms with Gasteiger partial charge in [-0.15, -0.1) is 0 Å². The zero-order valence-electron chi connectivity index (χ0n) is 9.38. The van der Waals surface area contributed by atoms with Gasteiger partial charge in [-0.1, -0.05) is 6.92 Å². The lowest BCUT2D eigenvalue weighted by Gasteiger charge is -2.15. The van der Waals surface area contributed by atoms with Gasteiger partial charge in [0.2, 0.25) is 5.91 Å². The number of hydrogen-bond acceptors (Lipinski definition) is 2. The third-order valence-electron chi connectivity index (χ3n) is 2.57. The molecule has 1 saturated heterocycles. The molecule has 1 aliphatic rings. The minimum Gasteiger partial charge on any atom is -0.354 e. The van der Waals surface area contributed by atoms with Gasteiger partial charge in [-0.25, -0.2) is 4.79 Å². The molecular formula is C10H19N3O2. The Morgan fingerprint density at radius 1 is 1.67 bits per heavy atom. The topological polar surface area (TPSA) is 61.4 Å². The molecular weight excluding hydrogens is 194 g/mol. The molecule has 2 N–H and O–H groups in total. The van der Waals surface area contributed by atoms with Crippen LogP contribution in [0.4, 0.5) is 4.79 Å². The molecule has 0 aliphatic carbocycles. The molecule has 86 valence electrons. The van der Waals surface area contributed by atoms with E-state index >= 15 is 0 Å². The van der Waals surface area contributed by atoms with E-state index in [2.05, 4.69) is 10.6 Å². The molecule has 1 rings (SSSR count). The first-order chi connectivity index (χ1) is 7.13. The van der Waals surface area contributed by atoms with E-state index in [1.165, 1.54) is 0 Å². The predicted octanol–water partition coefficient (Wildman–Crippen LogP) is 0.316. The van der Waals surface area contributed by atoms with Gasteiger partial charge < -0.3 is 15.5 Å². The summed E-state index contributed by atoms with van der Waals surface area (Å²) >= 11 is 0. The Balaban J connectivity index is 2.19. The van der Waals surface area contributed by atoms with E-state index < -0.39 is 0 Å². The van der Waals surface area contributed by atoms with Crippen LogP contribution in [0.1, 0.15) is 26.7 Å². The first-order valence-electron chi connectivity index (χ1n) is 5.45. The molecule has 0 aromatic rings. The van der Waals surface area contributed by atoms with Crippen molar-refractivity contribution in [3.05, 3.63) is 0 Å². The van der Waals surface area contributed by atoms with Crippen molar-refractivity contribution in [2.24, 2.45) is 0 Å². The van der Waals surface area contributed by atoms with Crippen LogP contribution < -0.4 is 10.6 Å². The van der Waals surface area contributed by atoms with Crippen LogP contribution in [0.25, 0.3) is 0 Å². The summed E-state index contributed by atoms with van der Waals surface area (Å²) < 4.78 is 0. The van der Waals surface area contributed by atoms with Crippen LogP contribution in [0, 0.1) is 0 Å². The number of nitrogens with zero attached hydrogens (tertiary/aromatic N) is 1. The van der Waals surface area contributed by atoms with E-state index in [4.69, 9.17) is 0 Å². The van der Waals surface area contributed by atoms with Crippen molar-refractivity contribution < 1.29 is 9.59 Å². The second-order valence-corrected chi connectivity index (χ2v) is 3.85. The third kappa shape index (κ3) is 3.77. The fourth-order valence-corrected chi connectivity index (χ4v) is 1.41. The van der Waals surface area contributed by atoms with E-state index in [9.17, 15) is 9.59 Å². The highest BCUT2D eigenvalue weighted by Crippen LogP contribution is 1.98. The first-order valence-corrected chi connectivity index (χ1v) is 5.45. The van der Waals surface area contributed by atoms with E-state index in [1.54, 1.807) is 4.90 Å². The van der Waals surface area contributed by atoms with Gasteiger partial charge in [0.05, 0.1) is 0 Å². The SMILES string of the molecule is CCC(C)NC(=O)CCN1CCNC1=O. The molecule has 1 aliphatic heterocycles. The molecule has 0 saturated carbocycles. The highest BCUT2D eigenvalue weighted by atomic mass is 16.2. The van der Waals surface area contributed by atoms with Crippen molar-refractivity contribution in [1.29, 1.82) is 0 Å². The summed E-state index contributed by atoms with van der Waals surface area (Å²) in [5, 5.41) is 5.57. The Hall–Kier alpha value is -1.26. The van der Waals surface area contributed by atoms with Gasteiger partial charge in [-0.05, 0) is 13.3 Å². The molecule has 0 spiro atoms. The van der Waals surface area contributed by atoms with Crippen molar-refractivity contribution in [3.8, 4) is 0 Å². The van der Waals surface area contributed by atoms with Crippen LogP contribution in [0.5, 0.6) is 0 Å². The average Bonchev–Trinajstić information content (AvgIpc) is 2.61. The number of amides is 3. The summed E-state index contributed by atoms with van der Waals surface area (Å²) in [6, 6.07) is 0.149. The molecule has 1 heterocycles. The Morgan fingerprint density at radius 3 is 2.93 bits per heavy atom. The van der Waals surface area contributed by atoms with E-state index in [0.717, 1.165) is 6.42 Å². The highest BCUT2D eigenvalue weighted by molar-refractivity contribution is 5.79. The van der Waals surface area contributed by atoms with Gasteiger partial charge in [-0.2, -0.15) is 0 Å². The highest BCUT2D eigenvalue weighted by Gasteiger charge is 2.19. The van der Waals surface area contributed by atoms with Gasteiger partial charge in [0.1, 0.15) is 0 Å². The molecule has 3 amide bonds. The standard InChI is InChI=1S/C10H19N3O2/c1-3-8(2)12-9(14)4-6-13-7-5-11-10(13)15/h8H,3-7H2,1-2H3,(H,11,15)(H,12,14). The maximum Gasteiger partial charge on any atom is 0.317 e. The number of rotatable bonds is 5. The quantitative estimate of drug-likeness (QED) is 0.690. The van der Waals surface area contributed by atoms with Crippen LogP contribution >= 0.6 is 0 Å². The number of urea groups is 1. The maximum absolute atomic E-state index is 11.4. The number of hydrogen-bond donors (Lipinski definition) is 2. The lowest BCUT2D eigenvalue weighted by Crippen LogP contribution is -2.36. The maximum atomic E-state index is 11.4. The first kappa shape index (κ1) is 11.8. The molecule has 1 unspecified atom stereocenters. The monoisotopic (exact) mass is 213 g/mol. The number of carbonyl (C=O) groups excluding carboxylic acids is 2. The van der Waals surface area contributed by atoms with E-state index in [0.29, 0.717) is 26.1 Å². The lowest BCUT2D eigenvalue weighted by atomic mass is 10.2. The molecule has 5 heteroatoms. The molecule has 0 aromatic heterocycles. The molecule has 1 atom stereocenters. The minimum absolute atomic E-state index is 0.0176. The normalized spacial score (nSPS) is 17.5. The largest absolute Gasteiger partial charge is 0.354 e.